The highest BCUT2D eigenvalue weighted by atomic mass is 35.5. The van der Waals surface area contributed by atoms with Gasteiger partial charge in [0.05, 0.1) is 0 Å². The maximum Gasteiger partial charge on any atom is 0.134 e. The number of likely N-dealkylation sites (tertiary alicyclic amines) is 1. The number of piperidine rings is 1. The number of carbonyl (C=O) groups excluding carboxylic acids is 1. The number of halogens is 1. The number of benzene rings is 1. The second-order valence-corrected chi connectivity index (χ2v) is 5.25. The van der Waals surface area contributed by atoms with Crippen molar-refractivity contribution in [3.05, 3.63) is 34.9 Å². The standard InChI is InChI=1S/C14H18ClNO/c1-11(17)13-3-2-8-16(10-13)9-12-4-6-14(15)7-5-12/h4-7,13H,2-3,8-10H2,1H3. The van der Waals surface area contributed by atoms with Crippen LogP contribution in [0.3, 0.4) is 0 Å². The molecular formula is C14H18ClNO. The van der Waals surface area contributed by atoms with Crippen LogP contribution in [0.2, 0.25) is 5.02 Å². The van der Waals surface area contributed by atoms with E-state index in [-0.39, 0.29) is 5.92 Å². The van der Waals surface area contributed by atoms with E-state index in [0.29, 0.717) is 5.78 Å². The van der Waals surface area contributed by atoms with E-state index in [1.807, 2.05) is 12.1 Å². The average Bonchev–Trinajstić information content (AvgIpc) is 2.32. The van der Waals surface area contributed by atoms with Gasteiger partial charge in [0.25, 0.3) is 0 Å². The molecule has 0 aliphatic carbocycles. The molecule has 0 N–H and O–H groups in total. The Morgan fingerprint density at radius 1 is 1.41 bits per heavy atom. The van der Waals surface area contributed by atoms with E-state index in [9.17, 15) is 4.79 Å². The maximum atomic E-state index is 11.4. The van der Waals surface area contributed by atoms with Crippen molar-refractivity contribution < 1.29 is 4.79 Å². The third kappa shape index (κ3) is 3.55. The molecule has 92 valence electrons. The summed E-state index contributed by atoms with van der Waals surface area (Å²) in [6, 6.07) is 7.95. The van der Waals surface area contributed by atoms with Gasteiger partial charge in [-0.05, 0) is 44.0 Å². The van der Waals surface area contributed by atoms with Gasteiger partial charge >= 0.3 is 0 Å². The topological polar surface area (TPSA) is 20.3 Å². The van der Waals surface area contributed by atoms with Crippen molar-refractivity contribution in [2.24, 2.45) is 5.92 Å². The zero-order valence-electron chi connectivity index (χ0n) is 10.2. The van der Waals surface area contributed by atoms with Crippen LogP contribution in [0.15, 0.2) is 24.3 Å². The first kappa shape index (κ1) is 12.6. The summed E-state index contributed by atoms with van der Waals surface area (Å²) in [5.41, 5.74) is 1.26. The Balaban J connectivity index is 1.94. The summed E-state index contributed by atoms with van der Waals surface area (Å²) in [6.45, 7) is 4.61. The molecule has 2 rings (SSSR count). The number of hydrogen-bond acceptors (Lipinski definition) is 2. The predicted molar refractivity (Wildman–Crippen MR) is 70.1 cm³/mol. The van der Waals surface area contributed by atoms with E-state index in [1.165, 1.54) is 5.56 Å². The molecule has 1 fully saturated rings. The molecule has 0 spiro atoms. The summed E-state index contributed by atoms with van der Waals surface area (Å²) in [7, 11) is 0. The van der Waals surface area contributed by atoms with Crippen LogP contribution in [0.5, 0.6) is 0 Å². The summed E-state index contributed by atoms with van der Waals surface area (Å²) in [5, 5.41) is 0.772. The first-order chi connectivity index (χ1) is 8.15. The summed E-state index contributed by atoms with van der Waals surface area (Å²) < 4.78 is 0. The monoisotopic (exact) mass is 251 g/mol. The molecule has 3 heteroatoms. The number of ketones is 1. The molecule has 1 unspecified atom stereocenters. The zero-order chi connectivity index (χ0) is 12.3. The Hall–Kier alpha value is -0.860. The fraction of sp³-hybridized carbons (Fsp3) is 0.500. The molecule has 1 aromatic carbocycles. The minimum Gasteiger partial charge on any atom is -0.300 e. The first-order valence-corrected chi connectivity index (χ1v) is 6.50. The quantitative estimate of drug-likeness (QED) is 0.823. The lowest BCUT2D eigenvalue weighted by molar-refractivity contribution is -0.122. The second kappa shape index (κ2) is 5.65. The minimum atomic E-state index is 0.232. The lowest BCUT2D eigenvalue weighted by atomic mass is 9.94. The van der Waals surface area contributed by atoms with Crippen molar-refractivity contribution >= 4 is 17.4 Å². The number of hydrogen-bond donors (Lipinski definition) is 0. The molecule has 0 amide bonds. The molecule has 17 heavy (non-hydrogen) atoms. The first-order valence-electron chi connectivity index (χ1n) is 6.12. The highest BCUT2D eigenvalue weighted by Crippen LogP contribution is 2.19. The van der Waals surface area contributed by atoms with Crippen LogP contribution < -0.4 is 0 Å². The van der Waals surface area contributed by atoms with Crippen molar-refractivity contribution in [3.8, 4) is 0 Å². The Labute approximate surface area is 108 Å². The number of Topliss-reactive ketones (excluding diaryl/α,β-unsaturated/α-hetero) is 1. The van der Waals surface area contributed by atoms with Crippen molar-refractivity contribution in [2.75, 3.05) is 13.1 Å². The molecule has 2 nitrogen and oxygen atoms in total. The molecule has 1 atom stereocenters. The SMILES string of the molecule is CC(=O)C1CCCN(Cc2ccc(Cl)cc2)C1. The summed E-state index contributed by atoms with van der Waals surface area (Å²) in [5.74, 6) is 0.557. The van der Waals surface area contributed by atoms with Crippen molar-refractivity contribution in [2.45, 2.75) is 26.3 Å². The van der Waals surface area contributed by atoms with Crippen LogP contribution in [0.4, 0.5) is 0 Å². The van der Waals surface area contributed by atoms with Gasteiger partial charge in [-0.2, -0.15) is 0 Å². The molecule has 1 aromatic rings. The molecule has 1 aliphatic rings. The molecule has 0 radical (unpaired) electrons. The number of nitrogens with zero attached hydrogens (tertiary/aromatic N) is 1. The largest absolute Gasteiger partial charge is 0.300 e. The van der Waals surface area contributed by atoms with Crippen LogP contribution in [0, 0.1) is 5.92 Å². The smallest absolute Gasteiger partial charge is 0.134 e. The van der Waals surface area contributed by atoms with Crippen LogP contribution in [-0.4, -0.2) is 23.8 Å². The van der Waals surface area contributed by atoms with Gasteiger partial charge in [0, 0.05) is 24.0 Å². The highest BCUT2D eigenvalue weighted by molar-refractivity contribution is 6.30. The van der Waals surface area contributed by atoms with Gasteiger partial charge in [-0.3, -0.25) is 9.69 Å². The lowest BCUT2D eigenvalue weighted by Crippen LogP contribution is -2.37. The maximum absolute atomic E-state index is 11.4. The molecule has 1 aliphatic heterocycles. The normalized spacial score (nSPS) is 21.4. The Morgan fingerprint density at radius 2 is 2.12 bits per heavy atom. The molecule has 0 aromatic heterocycles. The van der Waals surface area contributed by atoms with Crippen molar-refractivity contribution in [3.63, 3.8) is 0 Å². The number of rotatable bonds is 3. The van der Waals surface area contributed by atoms with Gasteiger partial charge < -0.3 is 0 Å². The van der Waals surface area contributed by atoms with Crippen LogP contribution in [-0.2, 0) is 11.3 Å². The van der Waals surface area contributed by atoms with E-state index < -0.39 is 0 Å². The molecule has 0 saturated carbocycles. The van der Waals surface area contributed by atoms with Crippen LogP contribution in [0.1, 0.15) is 25.3 Å². The van der Waals surface area contributed by atoms with Gasteiger partial charge in [0.1, 0.15) is 5.78 Å². The average molecular weight is 252 g/mol. The Morgan fingerprint density at radius 3 is 2.76 bits per heavy atom. The third-order valence-corrected chi connectivity index (χ3v) is 3.65. The van der Waals surface area contributed by atoms with Gasteiger partial charge in [0.15, 0.2) is 0 Å². The third-order valence-electron chi connectivity index (χ3n) is 3.40. The lowest BCUT2D eigenvalue weighted by Gasteiger charge is -2.31. The van der Waals surface area contributed by atoms with E-state index in [4.69, 9.17) is 11.6 Å². The van der Waals surface area contributed by atoms with E-state index in [1.54, 1.807) is 6.92 Å². The molecule has 1 saturated heterocycles. The van der Waals surface area contributed by atoms with Gasteiger partial charge in [-0.15, -0.1) is 0 Å². The zero-order valence-corrected chi connectivity index (χ0v) is 10.9. The Bertz CT molecular complexity index is 388. The van der Waals surface area contributed by atoms with E-state index >= 15 is 0 Å². The van der Waals surface area contributed by atoms with E-state index in [0.717, 1.165) is 37.5 Å². The van der Waals surface area contributed by atoms with Crippen molar-refractivity contribution in [1.82, 2.24) is 4.90 Å². The molecular weight excluding hydrogens is 234 g/mol. The van der Waals surface area contributed by atoms with Gasteiger partial charge in [-0.1, -0.05) is 23.7 Å². The highest BCUT2D eigenvalue weighted by Gasteiger charge is 2.22. The predicted octanol–water partition coefficient (Wildman–Crippen LogP) is 3.14. The van der Waals surface area contributed by atoms with Crippen LogP contribution in [0.25, 0.3) is 0 Å². The summed E-state index contributed by atoms with van der Waals surface area (Å²) in [4.78, 5) is 13.8. The fourth-order valence-corrected chi connectivity index (χ4v) is 2.50. The van der Waals surface area contributed by atoms with Gasteiger partial charge in [0.2, 0.25) is 0 Å². The van der Waals surface area contributed by atoms with Gasteiger partial charge in [-0.25, -0.2) is 0 Å². The fourth-order valence-electron chi connectivity index (χ4n) is 2.38. The summed E-state index contributed by atoms with van der Waals surface area (Å²) in [6.07, 6.45) is 2.17. The van der Waals surface area contributed by atoms with Crippen LogP contribution >= 0.6 is 11.6 Å². The molecule has 0 bridgehead atoms. The van der Waals surface area contributed by atoms with Crippen molar-refractivity contribution in [1.29, 1.82) is 0 Å². The van der Waals surface area contributed by atoms with E-state index in [2.05, 4.69) is 17.0 Å². The minimum absolute atomic E-state index is 0.232. The Kier molecular flexibility index (Phi) is 4.19. The summed E-state index contributed by atoms with van der Waals surface area (Å²) >= 11 is 5.86. The second-order valence-electron chi connectivity index (χ2n) is 4.81. The number of carbonyl (C=O) groups is 1. The molecule has 1 heterocycles.